The molecule has 0 aliphatic carbocycles. The zero-order valence-corrected chi connectivity index (χ0v) is 18.1. The van der Waals surface area contributed by atoms with Crippen molar-refractivity contribution < 1.29 is 9.21 Å². The highest BCUT2D eigenvalue weighted by Crippen LogP contribution is 2.20. The summed E-state index contributed by atoms with van der Waals surface area (Å²) in [4.78, 5) is 42.1. The van der Waals surface area contributed by atoms with Crippen molar-refractivity contribution in [2.24, 2.45) is 0 Å². The molecule has 5 rings (SSSR count). The van der Waals surface area contributed by atoms with E-state index in [1.807, 2.05) is 37.3 Å². The van der Waals surface area contributed by atoms with E-state index >= 15 is 0 Å². The van der Waals surface area contributed by atoms with Gasteiger partial charge in [0.05, 0.1) is 0 Å². The molecule has 1 amide bonds. The number of rotatable bonds is 4. The van der Waals surface area contributed by atoms with Crippen LogP contribution in [0.3, 0.4) is 0 Å². The second-order valence-electron chi connectivity index (χ2n) is 7.87. The zero-order chi connectivity index (χ0) is 22.8. The van der Waals surface area contributed by atoms with Gasteiger partial charge in [0.25, 0.3) is 5.91 Å². The number of nitrogens with zero attached hydrogens (tertiary/aromatic N) is 5. The summed E-state index contributed by atoms with van der Waals surface area (Å²) in [5.74, 6) is 1.80. The Morgan fingerprint density at radius 1 is 0.970 bits per heavy atom. The van der Waals surface area contributed by atoms with Crippen molar-refractivity contribution in [3.05, 3.63) is 82.6 Å². The van der Waals surface area contributed by atoms with Crippen molar-refractivity contribution in [2.45, 2.75) is 6.92 Å². The van der Waals surface area contributed by atoms with Gasteiger partial charge in [0.2, 0.25) is 0 Å². The Bertz CT molecular complexity index is 1380. The number of benzene rings is 1. The first-order valence-corrected chi connectivity index (χ1v) is 10.7. The fourth-order valence-corrected chi connectivity index (χ4v) is 3.84. The number of fused-ring (bicyclic) bond motifs is 1. The number of hydrogen-bond acceptors (Lipinski definition) is 8. The maximum Gasteiger partial charge on any atom is 0.349 e. The highest BCUT2D eigenvalue weighted by atomic mass is 16.4. The van der Waals surface area contributed by atoms with Gasteiger partial charge < -0.3 is 19.5 Å². The second-order valence-corrected chi connectivity index (χ2v) is 7.87. The van der Waals surface area contributed by atoms with E-state index in [4.69, 9.17) is 4.42 Å². The third-order valence-electron chi connectivity index (χ3n) is 5.59. The SMILES string of the molecule is Cc1ccnc(Nc2cc(N3CCN(C(=O)c4cc5ccccc5oc4=O)CC3)ncn2)c1. The summed E-state index contributed by atoms with van der Waals surface area (Å²) in [5.41, 5.74) is 1.01. The monoisotopic (exact) mass is 442 g/mol. The van der Waals surface area contributed by atoms with Crippen LogP contribution < -0.4 is 15.8 Å². The summed E-state index contributed by atoms with van der Waals surface area (Å²) in [6, 6.07) is 14.5. The Balaban J connectivity index is 1.27. The highest BCUT2D eigenvalue weighted by Gasteiger charge is 2.25. The lowest BCUT2D eigenvalue weighted by Crippen LogP contribution is -2.49. The molecule has 33 heavy (non-hydrogen) atoms. The van der Waals surface area contributed by atoms with Gasteiger partial charge in [0.1, 0.15) is 34.9 Å². The van der Waals surface area contributed by atoms with E-state index in [1.165, 1.54) is 6.33 Å². The fraction of sp³-hybridized carbons (Fsp3) is 0.208. The minimum absolute atomic E-state index is 0.0568. The number of piperazine rings is 1. The Morgan fingerprint density at radius 2 is 1.76 bits per heavy atom. The molecule has 0 bridgehead atoms. The van der Waals surface area contributed by atoms with Crippen LogP contribution in [0.4, 0.5) is 17.5 Å². The van der Waals surface area contributed by atoms with E-state index < -0.39 is 5.63 Å². The van der Waals surface area contributed by atoms with Crippen LogP contribution >= 0.6 is 0 Å². The smallest absolute Gasteiger partial charge is 0.349 e. The molecule has 4 heterocycles. The van der Waals surface area contributed by atoms with E-state index in [1.54, 1.807) is 29.3 Å². The maximum atomic E-state index is 13.0. The van der Waals surface area contributed by atoms with Gasteiger partial charge in [-0.2, -0.15) is 0 Å². The summed E-state index contributed by atoms with van der Waals surface area (Å²) in [7, 11) is 0. The molecule has 1 aliphatic rings. The lowest BCUT2D eigenvalue weighted by molar-refractivity contribution is 0.0742. The Hall–Kier alpha value is -4.27. The van der Waals surface area contributed by atoms with E-state index in [9.17, 15) is 9.59 Å². The number of amides is 1. The molecule has 4 aromatic rings. The summed E-state index contributed by atoms with van der Waals surface area (Å²) in [5, 5.41) is 3.92. The number of aryl methyl sites for hydroxylation is 1. The van der Waals surface area contributed by atoms with E-state index in [0.29, 0.717) is 43.4 Å². The molecule has 0 unspecified atom stereocenters. The Labute approximate surface area is 189 Å². The van der Waals surface area contributed by atoms with Crippen LogP contribution in [-0.2, 0) is 0 Å². The van der Waals surface area contributed by atoms with Gasteiger partial charge in [0, 0.05) is 43.8 Å². The summed E-state index contributed by atoms with van der Waals surface area (Å²) in [6.45, 7) is 4.11. The van der Waals surface area contributed by atoms with Crippen LogP contribution in [0.5, 0.6) is 0 Å². The fourth-order valence-electron chi connectivity index (χ4n) is 3.84. The molecule has 3 aromatic heterocycles. The molecule has 1 saturated heterocycles. The first kappa shape index (κ1) is 20.6. The quantitative estimate of drug-likeness (QED) is 0.481. The first-order chi connectivity index (χ1) is 16.1. The van der Waals surface area contributed by atoms with Gasteiger partial charge in [0.15, 0.2) is 0 Å². The predicted molar refractivity (Wildman–Crippen MR) is 125 cm³/mol. The number of nitrogens with one attached hydrogen (secondary N) is 1. The van der Waals surface area contributed by atoms with Crippen molar-refractivity contribution in [1.29, 1.82) is 0 Å². The van der Waals surface area contributed by atoms with Crippen LogP contribution in [-0.4, -0.2) is 51.9 Å². The Kier molecular flexibility index (Phi) is 5.43. The number of hydrogen-bond donors (Lipinski definition) is 1. The molecule has 0 radical (unpaired) electrons. The van der Waals surface area contributed by atoms with Crippen LogP contribution in [0.2, 0.25) is 0 Å². The first-order valence-electron chi connectivity index (χ1n) is 10.7. The van der Waals surface area contributed by atoms with Gasteiger partial charge in [-0.25, -0.2) is 19.7 Å². The molecule has 1 fully saturated rings. The topological polar surface area (TPSA) is 104 Å². The molecular weight excluding hydrogens is 420 g/mol. The standard InChI is InChI=1S/C24H22N6O3/c1-16-6-7-25-20(12-16)28-21-14-22(27-15-26-21)29-8-10-30(11-9-29)23(31)18-13-17-4-2-3-5-19(17)33-24(18)32/h2-7,12-15H,8-11H2,1H3,(H,25,26,27,28). The van der Waals surface area contributed by atoms with E-state index in [2.05, 4.69) is 25.2 Å². The molecular formula is C24H22N6O3. The number of pyridine rings is 1. The van der Waals surface area contributed by atoms with E-state index in [-0.39, 0.29) is 11.5 Å². The average molecular weight is 442 g/mol. The van der Waals surface area contributed by atoms with Gasteiger partial charge in [-0.05, 0) is 36.8 Å². The maximum absolute atomic E-state index is 13.0. The van der Waals surface area contributed by atoms with Crippen LogP contribution in [0.1, 0.15) is 15.9 Å². The zero-order valence-electron chi connectivity index (χ0n) is 18.1. The normalized spacial score (nSPS) is 13.8. The number of para-hydroxylation sites is 1. The van der Waals surface area contributed by atoms with Gasteiger partial charge >= 0.3 is 5.63 Å². The highest BCUT2D eigenvalue weighted by molar-refractivity contribution is 5.96. The van der Waals surface area contributed by atoms with Crippen LogP contribution in [0, 0.1) is 6.92 Å². The van der Waals surface area contributed by atoms with Crippen molar-refractivity contribution in [3.63, 3.8) is 0 Å². The van der Waals surface area contributed by atoms with Gasteiger partial charge in [-0.1, -0.05) is 18.2 Å². The molecule has 1 N–H and O–H groups in total. The number of anilines is 3. The molecule has 1 aliphatic heterocycles. The summed E-state index contributed by atoms with van der Waals surface area (Å²) >= 11 is 0. The lowest BCUT2D eigenvalue weighted by Gasteiger charge is -2.35. The second kappa shape index (κ2) is 8.70. The van der Waals surface area contributed by atoms with Crippen LogP contribution in [0.25, 0.3) is 11.0 Å². The summed E-state index contributed by atoms with van der Waals surface area (Å²) in [6.07, 6.45) is 3.25. The van der Waals surface area contributed by atoms with Crippen LogP contribution in [0.15, 0.2) is 70.3 Å². The largest absolute Gasteiger partial charge is 0.422 e. The van der Waals surface area contributed by atoms with Crippen molar-refractivity contribution in [2.75, 3.05) is 36.4 Å². The molecule has 166 valence electrons. The molecule has 1 aromatic carbocycles. The van der Waals surface area contributed by atoms with Crippen molar-refractivity contribution >= 4 is 34.3 Å². The minimum Gasteiger partial charge on any atom is -0.422 e. The van der Waals surface area contributed by atoms with Crippen molar-refractivity contribution in [1.82, 2.24) is 19.9 Å². The minimum atomic E-state index is -0.614. The number of aromatic nitrogens is 3. The number of carbonyl (C=O) groups is 1. The predicted octanol–water partition coefficient (Wildman–Crippen LogP) is 2.99. The van der Waals surface area contributed by atoms with Crippen molar-refractivity contribution in [3.8, 4) is 0 Å². The number of carbonyl (C=O) groups excluding carboxylic acids is 1. The lowest BCUT2D eigenvalue weighted by atomic mass is 10.1. The molecule has 0 saturated carbocycles. The third-order valence-corrected chi connectivity index (χ3v) is 5.59. The summed E-state index contributed by atoms with van der Waals surface area (Å²) < 4.78 is 5.32. The van der Waals surface area contributed by atoms with Gasteiger partial charge in [-0.15, -0.1) is 0 Å². The molecule has 9 nitrogen and oxygen atoms in total. The Morgan fingerprint density at radius 3 is 2.58 bits per heavy atom. The molecule has 0 spiro atoms. The van der Waals surface area contributed by atoms with Gasteiger partial charge in [-0.3, -0.25) is 4.79 Å². The van der Waals surface area contributed by atoms with E-state index in [0.717, 1.165) is 16.8 Å². The molecule has 9 heteroatoms. The third kappa shape index (κ3) is 4.38. The molecule has 0 atom stereocenters. The average Bonchev–Trinajstić information content (AvgIpc) is 2.83.